The number of fused-ring (bicyclic) bond motifs is 1. The minimum atomic E-state index is -0.902. The Labute approximate surface area is 108 Å². The van der Waals surface area contributed by atoms with E-state index in [-0.39, 0.29) is 11.8 Å². The number of amides is 1. The summed E-state index contributed by atoms with van der Waals surface area (Å²) in [5.74, 6) is 0.269. The molecule has 18 heavy (non-hydrogen) atoms. The minimum Gasteiger partial charge on any atom is -0.480 e. The lowest BCUT2D eigenvalue weighted by Crippen LogP contribution is -2.41. The van der Waals surface area contributed by atoms with Crippen molar-refractivity contribution < 1.29 is 14.7 Å². The van der Waals surface area contributed by atoms with Crippen LogP contribution in [0, 0.1) is 17.8 Å². The smallest absolute Gasteiger partial charge is 0.326 e. The standard InChI is InChI=1S/C14H23NO3/c1-2-3-8-11(14(17)18)15-13(16)12-9-6-4-5-7-10(9)12/h9-12H,2-8H2,1H3,(H,15,16)(H,17,18)/t9?,10?,11-,12?/m0/s1. The van der Waals surface area contributed by atoms with Gasteiger partial charge in [0.2, 0.25) is 5.91 Å². The molecule has 2 fully saturated rings. The molecule has 0 aromatic carbocycles. The Morgan fingerprint density at radius 3 is 2.39 bits per heavy atom. The zero-order valence-corrected chi connectivity index (χ0v) is 11.0. The number of hydrogen-bond acceptors (Lipinski definition) is 2. The van der Waals surface area contributed by atoms with Crippen LogP contribution in [-0.4, -0.2) is 23.0 Å². The predicted octanol–water partition coefficient (Wildman–Crippen LogP) is 2.18. The molecule has 2 N–H and O–H groups in total. The molecule has 0 radical (unpaired) electrons. The van der Waals surface area contributed by atoms with Crippen LogP contribution in [0.1, 0.15) is 51.9 Å². The summed E-state index contributed by atoms with van der Waals surface area (Å²) in [5, 5.41) is 11.8. The highest BCUT2D eigenvalue weighted by Gasteiger charge is 2.54. The normalized spacial score (nSPS) is 31.3. The molecule has 2 aliphatic carbocycles. The number of carbonyl (C=O) groups is 2. The van der Waals surface area contributed by atoms with Gasteiger partial charge in [0.15, 0.2) is 0 Å². The van der Waals surface area contributed by atoms with E-state index in [4.69, 9.17) is 5.11 Å². The quantitative estimate of drug-likeness (QED) is 0.762. The van der Waals surface area contributed by atoms with Crippen LogP contribution in [0.15, 0.2) is 0 Å². The highest BCUT2D eigenvalue weighted by molar-refractivity contribution is 5.87. The Balaban J connectivity index is 1.83. The van der Waals surface area contributed by atoms with E-state index in [0.29, 0.717) is 18.3 Å². The Bertz CT molecular complexity index is 317. The summed E-state index contributed by atoms with van der Waals surface area (Å²) in [6.07, 6.45) is 7.08. The van der Waals surface area contributed by atoms with E-state index in [0.717, 1.165) is 25.7 Å². The Morgan fingerprint density at radius 2 is 1.89 bits per heavy atom. The maximum absolute atomic E-state index is 12.1. The summed E-state index contributed by atoms with van der Waals surface area (Å²) in [4.78, 5) is 23.2. The SMILES string of the molecule is CCCC[C@H](NC(=O)C1C2CCCCC21)C(=O)O. The summed E-state index contributed by atoms with van der Waals surface area (Å²) in [7, 11) is 0. The largest absolute Gasteiger partial charge is 0.480 e. The zero-order chi connectivity index (χ0) is 13.1. The Morgan fingerprint density at radius 1 is 1.28 bits per heavy atom. The zero-order valence-electron chi connectivity index (χ0n) is 11.0. The lowest BCUT2D eigenvalue weighted by Gasteiger charge is -2.14. The molecule has 0 heterocycles. The van der Waals surface area contributed by atoms with Crippen molar-refractivity contribution in [2.45, 2.75) is 57.9 Å². The van der Waals surface area contributed by atoms with Crippen LogP contribution in [0.25, 0.3) is 0 Å². The average molecular weight is 253 g/mol. The summed E-state index contributed by atoms with van der Waals surface area (Å²) >= 11 is 0. The molecule has 0 saturated heterocycles. The number of carbonyl (C=O) groups excluding carboxylic acids is 1. The van der Waals surface area contributed by atoms with Gasteiger partial charge < -0.3 is 10.4 Å². The van der Waals surface area contributed by atoms with Crippen molar-refractivity contribution in [3.8, 4) is 0 Å². The minimum absolute atomic E-state index is 0.0181. The number of nitrogens with one attached hydrogen (secondary N) is 1. The van der Waals surface area contributed by atoms with Gasteiger partial charge >= 0.3 is 5.97 Å². The third-order valence-electron chi connectivity index (χ3n) is 4.42. The second-order valence-corrected chi connectivity index (χ2v) is 5.68. The van der Waals surface area contributed by atoms with Gasteiger partial charge in [-0.3, -0.25) is 4.79 Å². The maximum atomic E-state index is 12.1. The van der Waals surface area contributed by atoms with Gasteiger partial charge in [0.05, 0.1) is 0 Å². The molecule has 0 spiro atoms. The molecular weight excluding hydrogens is 230 g/mol. The molecule has 3 atom stereocenters. The van der Waals surface area contributed by atoms with E-state index in [9.17, 15) is 9.59 Å². The molecular formula is C14H23NO3. The topological polar surface area (TPSA) is 66.4 Å². The van der Waals surface area contributed by atoms with Crippen LogP contribution >= 0.6 is 0 Å². The van der Waals surface area contributed by atoms with Crippen molar-refractivity contribution in [1.82, 2.24) is 5.32 Å². The Hall–Kier alpha value is -1.06. The highest BCUT2D eigenvalue weighted by Crippen LogP contribution is 2.55. The van der Waals surface area contributed by atoms with E-state index < -0.39 is 12.0 Å². The fourth-order valence-electron chi connectivity index (χ4n) is 3.31. The van der Waals surface area contributed by atoms with Crippen LogP contribution < -0.4 is 5.32 Å². The first-order chi connectivity index (χ1) is 8.65. The molecule has 4 nitrogen and oxygen atoms in total. The summed E-state index contributed by atoms with van der Waals surface area (Å²) in [5.41, 5.74) is 0. The number of carboxylic acids is 1. The van der Waals surface area contributed by atoms with Gasteiger partial charge in [0, 0.05) is 5.92 Å². The molecule has 0 aromatic heterocycles. The van der Waals surface area contributed by atoms with E-state index in [1.807, 2.05) is 6.92 Å². The van der Waals surface area contributed by atoms with Crippen molar-refractivity contribution in [3.05, 3.63) is 0 Å². The fraction of sp³-hybridized carbons (Fsp3) is 0.857. The third-order valence-corrected chi connectivity index (χ3v) is 4.42. The van der Waals surface area contributed by atoms with Crippen LogP contribution in [0.5, 0.6) is 0 Å². The van der Waals surface area contributed by atoms with Gasteiger partial charge in [-0.25, -0.2) is 4.79 Å². The summed E-state index contributed by atoms with van der Waals surface area (Å²) in [6, 6.07) is -0.694. The number of unbranched alkanes of at least 4 members (excludes halogenated alkanes) is 1. The van der Waals surface area contributed by atoms with Gasteiger partial charge in [0.25, 0.3) is 0 Å². The molecule has 102 valence electrons. The van der Waals surface area contributed by atoms with Crippen molar-refractivity contribution in [3.63, 3.8) is 0 Å². The van der Waals surface area contributed by atoms with Crippen LogP contribution in [-0.2, 0) is 9.59 Å². The molecule has 4 heteroatoms. The van der Waals surface area contributed by atoms with Crippen LogP contribution in [0.4, 0.5) is 0 Å². The molecule has 1 amide bonds. The first-order valence-corrected chi connectivity index (χ1v) is 7.18. The molecule has 2 unspecified atom stereocenters. The molecule has 0 aliphatic heterocycles. The molecule has 0 aromatic rings. The number of carboxylic acid groups (broad SMARTS) is 1. The molecule has 2 rings (SSSR count). The van der Waals surface area contributed by atoms with Gasteiger partial charge in [-0.1, -0.05) is 32.6 Å². The molecule has 2 saturated carbocycles. The highest BCUT2D eigenvalue weighted by atomic mass is 16.4. The van der Waals surface area contributed by atoms with Gasteiger partial charge in [0.1, 0.15) is 6.04 Å². The number of hydrogen-bond donors (Lipinski definition) is 2. The summed E-state index contributed by atoms with van der Waals surface area (Å²) in [6.45, 7) is 2.02. The van der Waals surface area contributed by atoms with Crippen molar-refractivity contribution >= 4 is 11.9 Å². The third kappa shape index (κ3) is 2.85. The van der Waals surface area contributed by atoms with Crippen LogP contribution in [0.3, 0.4) is 0 Å². The lowest BCUT2D eigenvalue weighted by molar-refractivity contribution is -0.142. The average Bonchev–Trinajstić information content (AvgIpc) is 3.08. The van der Waals surface area contributed by atoms with Gasteiger partial charge in [-0.2, -0.15) is 0 Å². The van der Waals surface area contributed by atoms with Crippen molar-refractivity contribution in [2.24, 2.45) is 17.8 Å². The maximum Gasteiger partial charge on any atom is 0.326 e. The second-order valence-electron chi connectivity index (χ2n) is 5.68. The Kier molecular flexibility index (Phi) is 4.25. The second kappa shape index (κ2) is 5.72. The first-order valence-electron chi connectivity index (χ1n) is 7.18. The van der Waals surface area contributed by atoms with Gasteiger partial charge in [-0.15, -0.1) is 0 Å². The van der Waals surface area contributed by atoms with E-state index >= 15 is 0 Å². The van der Waals surface area contributed by atoms with Crippen molar-refractivity contribution in [1.29, 1.82) is 0 Å². The fourth-order valence-corrected chi connectivity index (χ4v) is 3.31. The number of aliphatic carboxylic acids is 1. The first kappa shape index (κ1) is 13.4. The van der Waals surface area contributed by atoms with E-state index in [1.165, 1.54) is 12.8 Å². The molecule has 2 aliphatic rings. The van der Waals surface area contributed by atoms with Crippen LogP contribution in [0.2, 0.25) is 0 Å². The van der Waals surface area contributed by atoms with E-state index in [1.54, 1.807) is 0 Å². The predicted molar refractivity (Wildman–Crippen MR) is 68.0 cm³/mol. The lowest BCUT2D eigenvalue weighted by atomic mass is 10.0. The summed E-state index contributed by atoms with van der Waals surface area (Å²) < 4.78 is 0. The van der Waals surface area contributed by atoms with Gasteiger partial charge in [-0.05, 0) is 31.1 Å². The monoisotopic (exact) mass is 253 g/mol. The molecule has 0 bridgehead atoms. The number of rotatable bonds is 6. The van der Waals surface area contributed by atoms with Crippen molar-refractivity contribution in [2.75, 3.05) is 0 Å². The van der Waals surface area contributed by atoms with E-state index in [2.05, 4.69) is 5.32 Å².